The number of hydrogen-bond acceptors (Lipinski definition) is 4. The molecule has 0 aliphatic rings. The number of aryl methyl sites for hydroxylation is 1. The van der Waals surface area contributed by atoms with Crippen molar-refractivity contribution < 1.29 is 13.3 Å². The summed E-state index contributed by atoms with van der Waals surface area (Å²) < 4.78 is 17.7. The molecule has 0 aliphatic carbocycles. The van der Waals surface area contributed by atoms with Gasteiger partial charge >= 0.3 is 8.80 Å². The third-order valence-corrected chi connectivity index (χ3v) is 4.54. The predicted octanol–water partition coefficient (Wildman–Crippen LogP) is -0.495. The highest BCUT2D eigenvalue weighted by Gasteiger charge is 2.45. The van der Waals surface area contributed by atoms with Crippen molar-refractivity contribution in [3.05, 3.63) is 12.4 Å². The van der Waals surface area contributed by atoms with Crippen molar-refractivity contribution in [3.63, 3.8) is 0 Å². The van der Waals surface area contributed by atoms with E-state index >= 15 is 0 Å². The zero-order valence-corrected chi connectivity index (χ0v) is 9.27. The lowest BCUT2D eigenvalue weighted by Gasteiger charge is -2.23. The molecular formula is C7H14N2O3Si. The van der Waals surface area contributed by atoms with Gasteiger partial charge in [0.05, 0.1) is 0 Å². The third-order valence-electron chi connectivity index (χ3n) is 1.90. The molecule has 0 N–H and O–H groups in total. The lowest BCUT2D eigenvalue weighted by Crippen LogP contribution is -2.58. The summed E-state index contributed by atoms with van der Waals surface area (Å²) in [5, 5.41) is 0. The van der Waals surface area contributed by atoms with Gasteiger partial charge in [-0.05, 0) is 0 Å². The topological polar surface area (TPSA) is 45.5 Å². The van der Waals surface area contributed by atoms with Crippen molar-refractivity contribution in [2.24, 2.45) is 7.05 Å². The summed E-state index contributed by atoms with van der Waals surface area (Å²) in [7, 11) is 3.83. The van der Waals surface area contributed by atoms with Crippen molar-refractivity contribution in [1.82, 2.24) is 9.55 Å². The lowest BCUT2D eigenvalue weighted by atomic mass is 10.9. The zero-order chi connectivity index (χ0) is 9.90. The Bertz CT molecular complexity index is 264. The predicted molar refractivity (Wildman–Crippen MR) is 49.6 cm³/mol. The first kappa shape index (κ1) is 10.4. The summed E-state index contributed by atoms with van der Waals surface area (Å²) in [4.78, 5) is 4.15. The van der Waals surface area contributed by atoms with E-state index in [-0.39, 0.29) is 0 Å². The van der Waals surface area contributed by atoms with Gasteiger partial charge in [-0.25, -0.2) is 4.98 Å². The number of nitrogens with zero attached hydrogens (tertiary/aromatic N) is 2. The van der Waals surface area contributed by atoms with Gasteiger partial charge in [0.1, 0.15) is 0 Å². The molecule has 1 aromatic rings. The van der Waals surface area contributed by atoms with E-state index in [1.54, 1.807) is 27.5 Å². The first-order chi connectivity index (χ1) is 6.20. The zero-order valence-electron chi connectivity index (χ0n) is 8.27. The summed E-state index contributed by atoms with van der Waals surface area (Å²) in [5.41, 5.74) is 0.708. The Morgan fingerprint density at radius 3 is 2.08 bits per heavy atom. The summed E-state index contributed by atoms with van der Waals surface area (Å²) >= 11 is 0. The lowest BCUT2D eigenvalue weighted by molar-refractivity contribution is 0.137. The van der Waals surface area contributed by atoms with Crippen LogP contribution in [0.25, 0.3) is 0 Å². The molecular weight excluding hydrogens is 188 g/mol. The minimum atomic E-state index is -2.73. The van der Waals surface area contributed by atoms with Gasteiger partial charge in [0.25, 0.3) is 0 Å². The molecule has 13 heavy (non-hydrogen) atoms. The highest BCUT2D eigenvalue weighted by atomic mass is 28.4. The molecule has 0 aromatic carbocycles. The van der Waals surface area contributed by atoms with Gasteiger partial charge in [-0.2, -0.15) is 0 Å². The van der Waals surface area contributed by atoms with Gasteiger partial charge in [0, 0.05) is 40.8 Å². The van der Waals surface area contributed by atoms with E-state index in [9.17, 15) is 0 Å². The Morgan fingerprint density at radius 1 is 1.23 bits per heavy atom. The van der Waals surface area contributed by atoms with E-state index < -0.39 is 8.80 Å². The average Bonchev–Trinajstić information content (AvgIpc) is 2.57. The second-order valence-corrected chi connectivity index (χ2v) is 5.31. The van der Waals surface area contributed by atoms with Crippen LogP contribution in [-0.4, -0.2) is 39.7 Å². The summed E-state index contributed by atoms with van der Waals surface area (Å²) in [6, 6.07) is 0. The van der Waals surface area contributed by atoms with Crippen LogP contribution < -0.4 is 5.45 Å². The molecule has 1 heterocycles. The van der Waals surface area contributed by atoms with Crippen LogP contribution in [-0.2, 0) is 20.3 Å². The fraction of sp³-hybridized carbons (Fsp3) is 0.571. The second kappa shape index (κ2) is 4.01. The molecule has 0 saturated carbocycles. The van der Waals surface area contributed by atoms with E-state index in [0.29, 0.717) is 5.45 Å². The monoisotopic (exact) mass is 202 g/mol. The van der Waals surface area contributed by atoms with Crippen LogP contribution in [0.15, 0.2) is 12.4 Å². The van der Waals surface area contributed by atoms with E-state index in [4.69, 9.17) is 13.3 Å². The van der Waals surface area contributed by atoms with Crippen LogP contribution >= 0.6 is 0 Å². The number of imidazole rings is 1. The fourth-order valence-electron chi connectivity index (χ4n) is 1.18. The highest BCUT2D eigenvalue weighted by molar-refractivity contribution is 6.73. The van der Waals surface area contributed by atoms with Crippen LogP contribution in [0.4, 0.5) is 0 Å². The van der Waals surface area contributed by atoms with E-state index in [1.165, 1.54) is 0 Å². The molecule has 0 atom stereocenters. The summed E-state index contributed by atoms with van der Waals surface area (Å²) in [5.74, 6) is 0. The van der Waals surface area contributed by atoms with Crippen molar-refractivity contribution in [2.45, 2.75) is 0 Å². The van der Waals surface area contributed by atoms with Crippen LogP contribution in [0.1, 0.15) is 0 Å². The SMILES string of the molecule is CO[Si](OC)(OC)c1nccn1C. The maximum atomic E-state index is 5.27. The molecule has 0 fully saturated rings. The average molecular weight is 202 g/mol. The van der Waals surface area contributed by atoms with Gasteiger partial charge in [-0.1, -0.05) is 0 Å². The molecule has 0 amide bonds. The smallest absolute Gasteiger partial charge is 0.372 e. The van der Waals surface area contributed by atoms with Gasteiger partial charge in [-0.3, -0.25) is 0 Å². The molecule has 1 rings (SSSR count). The van der Waals surface area contributed by atoms with Gasteiger partial charge in [-0.15, -0.1) is 0 Å². The fourth-order valence-corrected chi connectivity index (χ4v) is 2.97. The van der Waals surface area contributed by atoms with Gasteiger partial charge < -0.3 is 17.8 Å². The molecule has 74 valence electrons. The minimum absolute atomic E-state index is 0.708. The number of hydrogen-bond donors (Lipinski definition) is 0. The maximum absolute atomic E-state index is 5.27. The molecule has 0 unspecified atom stereocenters. The standard InChI is InChI=1S/C7H14N2O3Si/c1-9-6-5-8-7(9)13(10-2,11-3)12-4/h5-6H,1-4H3. The van der Waals surface area contributed by atoms with Crippen molar-refractivity contribution >= 4 is 14.3 Å². The summed E-state index contributed by atoms with van der Waals surface area (Å²) in [6.45, 7) is 0. The molecule has 0 spiro atoms. The maximum Gasteiger partial charge on any atom is 0.573 e. The van der Waals surface area contributed by atoms with Crippen LogP contribution in [0.3, 0.4) is 0 Å². The molecule has 5 nitrogen and oxygen atoms in total. The Morgan fingerprint density at radius 2 is 1.77 bits per heavy atom. The first-order valence-electron chi connectivity index (χ1n) is 3.83. The minimum Gasteiger partial charge on any atom is -0.372 e. The van der Waals surface area contributed by atoms with E-state index in [0.717, 1.165) is 0 Å². The molecule has 0 radical (unpaired) electrons. The van der Waals surface area contributed by atoms with Crippen LogP contribution in [0, 0.1) is 0 Å². The number of aromatic nitrogens is 2. The van der Waals surface area contributed by atoms with Gasteiger partial charge in [0.2, 0.25) is 0 Å². The Balaban J connectivity index is 3.07. The molecule has 0 bridgehead atoms. The molecule has 1 aromatic heterocycles. The normalized spacial score (nSPS) is 12.0. The Kier molecular flexibility index (Phi) is 3.20. The largest absolute Gasteiger partial charge is 0.573 e. The Labute approximate surface area is 78.6 Å². The summed E-state index contributed by atoms with van der Waals surface area (Å²) in [6.07, 6.45) is 3.52. The van der Waals surface area contributed by atoms with Crippen LogP contribution in [0.5, 0.6) is 0 Å². The molecule has 6 heteroatoms. The highest BCUT2D eigenvalue weighted by Crippen LogP contribution is 2.04. The second-order valence-electron chi connectivity index (χ2n) is 2.53. The first-order valence-corrected chi connectivity index (χ1v) is 5.56. The van der Waals surface area contributed by atoms with Crippen molar-refractivity contribution in [1.29, 1.82) is 0 Å². The molecule has 0 saturated heterocycles. The van der Waals surface area contributed by atoms with Crippen LogP contribution in [0.2, 0.25) is 0 Å². The van der Waals surface area contributed by atoms with Gasteiger partial charge in [0.15, 0.2) is 5.45 Å². The van der Waals surface area contributed by atoms with E-state index in [1.807, 2.05) is 17.8 Å². The quantitative estimate of drug-likeness (QED) is 0.618. The molecule has 0 aliphatic heterocycles. The third kappa shape index (κ3) is 1.66. The van der Waals surface area contributed by atoms with Crippen molar-refractivity contribution in [2.75, 3.05) is 21.3 Å². The van der Waals surface area contributed by atoms with Crippen molar-refractivity contribution in [3.8, 4) is 0 Å². The number of rotatable bonds is 4. The Hall–Kier alpha value is -0.693. The van der Waals surface area contributed by atoms with E-state index in [2.05, 4.69) is 4.98 Å².